The molecule has 1 N–H and O–H groups in total. The number of aromatic hydroxyl groups is 1. The van der Waals surface area contributed by atoms with Gasteiger partial charge in [0.15, 0.2) is 0 Å². The lowest BCUT2D eigenvalue weighted by molar-refractivity contribution is 0.161. The lowest BCUT2D eigenvalue weighted by atomic mass is 10.0. The third-order valence-electron chi connectivity index (χ3n) is 2.20. The average molecular weight is 176 g/mol. The maximum absolute atomic E-state index is 9.11. The molecule has 0 aliphatic carbocycles. The summed E-state index contributed by atoms with van der Waals surface area (Å²) in [7, 11) is 0. The molecule has 2 rings (SSSR count). The van der Waals surface area contributed by atoms with Crippen LogP contribution in [0.1, 0.15) is 12.0 Å². The third-order valence-corrected chi connectivity index (χ3v) is 2.20. The van der Waals surface area contributed by atoms with Crippen molar-refractivity contribution in [3.05, 3.63) is 35.9 Å². The van der Waals surface area contributed by atoms with Gasteiger partial charge in [-0.3, -0.25) is 0 Å². The van der Waals surface area contributed by atoms with E-state index >= 15 is 0 Å². The minimum absolute atomic E-state index is 0.316. The molecule has 13 heavy (non-hydrogen) atoms. The van der Waals surface area contributed by atoms with Crippen molar-refractivity contribution in [2.45, 2.75) is 6.42 Å². The number of benzene rings is 1. The number of rotatable bonds is 1. The van der Waals surface area contributed by atoms with E-state index in [1.165, 1.54) is 11.1 Å². The van der Waals surface area contributed by atoms with E-state index < -0.39 is 0 Å². The van der Waals surface area contributed by atoms with Crippen LogP contribution >= 0.6 is 0 Å². The molecule has 0 spiro atoms. The Morgan fingerprint density at radius 1 is 1.15 bits per heavy atom. The van der Waals surface area contributed by atoms with E-state index in [9.17, 15) is 0 Å². The minimum atomic E-state index is 0.316. The highest BCUT2D eigenvalue weighted by atomic mass is 16.5. The molecule has 0 fully saturated rings. The lowest BCUT2D eigenvalue weighted by Gasteiger charge is -2.13. The van der Waals surface area contributed by atoms with Gasteiger partial charge in [0, 0.05) is 0 Å². The highest BCUT2D eigenvalue weighted by Crippen LogP contribution is 2.22. The van der Waals surface area contributed by atoms with E-state index in [1.807, 2.05) is 12.1 Å². The number of hydrogen-bond donors (Lipinski definition) is 1. The Labute approximate surface area is 77.5 Å². The van der Waals surface area contributed by atoms with Gasteiger partial charge in [0.25, 0.3) is 0 Å². The molecule has 0 atom stereocenters. The quantitative estimate of drug-likeness (QED) is 0.710. The predicted octanol–water partition coefficient (Wildman–Crippen LogP) is 2.20. The molecule has 0 amide bonds. The van der Waals surface area contributed by atoms with E-state index in [4.69, 9.17) is 9.84 Å². The smallest absolute Gasteiger partial charge is 0.115 e. The normalized spacial score (nSPS) is 16.8. The van der Waals surface area contributed by atoms with E-state index in [0.717, 1.165) is 13.0 Å². The molecule has 68 valence electrons. The summed E-state index contributed by atoms with van der Waals surface area (Å²) in [6.45, 7) is 1.50. The minimum Gasteiger partial charge on any atom is -0.508 e. The molecule has 1 heterocycles. The van der Waals surface area contributed by atoms with E-state index in [-0.39, 0.29) is 0 Å². The van der Waals surface area contributed by atoms with Gasteiger partial charge in [-0.25, -0.2) is 0 Å². The van der Waals surface area contributed by atoms with Crippen LogP contribution in [0.4, 0.5) is 0 Å². The van der Waals surface area contributed by atoms with Crippen molar-refractivity contribution in [1.29, 1.82) is 0 Å². The molecule has 0 bridgehead atoms. The van der Waals surface area contributed by atoms with E-state index in [0.29, 0.717) is 12.4 Å². The first-order valence-electron chi connectivity index (χ1n) is 4.42. The maximum Gasteiger partial charge on any atom is 0.115 e. The van der Waals surface area contributed by atoms with E-state index in [2.05, 4.69) is 6.08 Å². The van der Waals surface area contributed by atoms with E-state index in [1.54, 1.807) is 12.1 Å². The summed E-state index contributed by atoms with van der Waals surface area (Å²) >= 11 is 0. The summed E-state index contributed by atoms with van der Waals surface area (Å²) < 4.78 is 5.22. The van der Waals surface area contributed by atoms with Gasteiger partial charge in [0.2, 0.25) is 0 Å². The first-order chi connectivity index (χ1) is 6.36. The van der Waals surface area contributed by atoms with Gasteiger partial charge in [-0.2, -0.15) is 0 Å². The Hall–Kier alpha value is -1.28. The number of ether oxygens (including phenoxy) is 1. The number of phenolic OH excluding ortho intramolecular Hbond substituents is 1. The largest absolute Gasteiger partial charge is 0.508 e. The van der Waals surface area contributed by atoms with Crippen molar-refractivity contribution >= 4 is 5.57 Å². The highest BCUT2D eigenvalue weighted by molar-refractivity contribution is 5.66. The molecule has 0 radical (unpaired) electrons. The van der Waals surface area contributed by atoms with Gasteiger partial charge in [0.1, 0.15) is 5.75 Å². The third kappa shape index (κ3) is 1.90. The number of phenols is 1. The standard InChI is InChI=1S/C11H12O2/c12-11-3-1-9(2-4-11)10-5-7-13-8-6-10/h1-5,12H,6-8H2. The van der Waals surface area contributed by atoms with Crippen LogP contribution in [-0.2, 0) is 4.74 Å². The Morgan fingerprint density at radius 3 is 2.54 bits per heavy atom. The van der Waals surface area contributed by atoms with Gasteiger partial charge in [-0.1, -0.05) is 18.2 Å². The molecule has 1 aromatic rings. The molecule has 1 aromatic carbocycles. The second-order valence-corrected chi connectivity index (χ2v) is 3.10. The molecular weight excluding hydrogens is 164 g/mol. The van der Waals surface area contributed by atoms with Crippen molar-refractivity contribution in [1.82, 2.24) is 0 Å². The van der Waals surface area contributed by atoms with Crippen LogP contribution in [-0.4, -0.2) is 18.3 Å². The Bertz CT molecular complexity index is 311. The monoisotopic (exact) mass is 176 g/mol. The van der Waals surface area contributed by atoms with Crippen molar-refractivity contribution in [3.8, 4) is 5.75 Å². The van der Waals surface area contributed by atoms with Crippen LogP contribution in [0, 0.1) is 0 Å². The first kappa shape index (κ1) is 8.32. The Morgan fingerprint density at radius 2 is 1.92 bits per heavy atom. The molecular formula is C11H12O2. The molecule has 1 aliphatic heterocycles. The van der Waals surface area contributed by atoms with Crippen molar-refractivity contribution < 1.29 is 9.84 Å². The van der Waals surface area contributed by atoms with Crippen LogP contribution in [0.2, 0.25) is 0 Å². The van der Waals surface area contributed by atoms with Crippen LogP contribution in [0.15, 0.2) is 30.3 Å². The van der Waals surface area contributed by atoms with Crippen LogP contribution in [0.5, 0.6) is 5.75 Å². The summed E-state index contributed by atoms with van der Waals surface area (Å²) in [6, 6.07) is 7.30. The average Bonchev–Trinajstić information content (AvgIpc) is 2.20. The highest BCUT2D eigenvalue weighted by Gasteiger charge is 2.05. The molecule has 0 aromatic heterocycles. The van der Waals surface area contributed by atoms with Gasteiger partial charge in [-0.05, 0) is 29.7 Å². The lowest BCUT2D eigenvalue weighted by Crippen LogP contribution is -2.03. The zero-order valence-corrected chi connectivity index (χ0v) is 7.36. The molecule has 0 unspecified atom stereocenters. The zero-order valence-electron chi connectivity index (χ0n) is 7.36. The fraction of sp³-hybridized carbons (Fsp3) is 0.273. The van der Waals surface area contributed by atoms with Crippen molar-refractivity contribution in [2.24, 2.45) is 0 Å². The topological polar surface area (TPSA) is 29.5 Å². The summed E-state index contributed by atoms with van der Waals surface area (Å²) in [6.07, 6.45) is 3.06. The second-order valence-electron chi connectivity index (χ2n) is 3.10. The van der Waals surface area contributed by atoms with Crippen LogP contribution < -0.4 is 0 Å². The van der Waals surface area contributed by atoms with Crippen molar-refractivity contribution in [2.75, 3.05) is 13.2 Å². The molecule has 2 heteroatoms. The van der Waals surface area contributed by atoms with Crippen LogP contribution in [0.25, 0.3) is 5.57 Å². The summed E-state index contributed by atoms with van der Waals surface area (Å²) in [5.41, 5.74) is 2.49. The zero-order chi connectivity index (χ0) is 9.10. The fourth-order valence-electron chi connectivity index (χ4n) is 1.46. The van der Waals surface area contributed by atoms with Crippen LogP contribution in [0.3, 0.4) is 0 Å². The van der Waals surface area contributed by atoms with Gasteiger partial charge in [-0.15, -0.1) is 0 Å². The van der Waals surface area contributed by atoms with Gasteiger partial charge < -0.3 is 9.84 Å². The fourth-order valence-corrected chi connectivity index (χ4v) is 1.46. The Balaban J connectivity index is 2.24. The summed E-state index contributed by atoms with van der Waals surface area (Å²) in [5.74, 6) is 0.316. The molecule has 0 saturated heterocycles. The summed E-state index contributed by atoms with van der Waals surface area (Å²) in [5, 5.41) is 9.11. The maximum atomic E-state index is 9.11. The first-order valence-corrected chi connectivity index (χ1v) is 4.42. The molecule has 1 aliphatic rings. The van der Waals surface area contributed by atoms with Gasteiger partial charge in [0.05, 0.1) is 13.2 Å². The molecule has 0 saturated carbocycles. The summed E-state index contributed by atoms with van der Waals surface area (Å²) in [4.78, 5) is 0. The second kappa shape index (κ2) is 3.62. The SMILES string of the molecule is Oc1ccc(C2=CCOCC2)cc1. The molecule has 2 nitrogen and oxygen atoms in total. The predicted molar refractivity (Wildman–Crippen MR) is 51.5 cm³/mol. The van der Waals surface area contributed by atoms with Crippen molar-refractivity contribution in [3.63, 3.8) is 0 Å². The Kier molecular flexibility index (Phi) is 2.32. The van der Waals surface area contributed by atoms with Gasteiger partial charge >= 0.3 is 0 Å². The number of hydrogen-bond acceptors (Lipinski definition) is 2.